The number of hydrogen-bond donors (Lipinski definition) is 1. The van der Waals surface area contributed by atoms with E-state index in [9.17, 15) is 0 Å². The minimum absolute atomic E-state index is 0.369. The predicted octanol–water partition coefficient (Wildman–Crippen LogP) is 4.63. The Labute approximate surface area is 107 Å². The molecule has 4 heteroatoms. The molecule has 1 unspecified atom stereocenters. The number of nitrogens with one attached hydrogen (secondary N) is 1. The number of hydrogen-bond acceptors (Lipinski definition) is 2. The normalized spacial score (nSPS) is 12.9. The lowest BCUT2D eigenvalue weighted by molar-refractivity contribution is 0.527. The van der Waals surface area contributed by atoms with Crippen molar-refractivity contribution in [2.45, 2.75) is 39.7 Å². The van der Waals surface area contributed by atoms with E-state index in [1.54, 1.807) is 12.3 Å². The van der Waals surface area contributed by atoms with Gasteiger partial charge in [0, 0.05) is 12.2 Å². The van der Waals surface area contributed by atoms with Crippen molar-refractivity contribution in [1.82, 2.24) is 4.98 Å². The summed E-state index contributed by atoms with van der Waals surface area (Å²) < 4.78 is 0. The van der Waals surface area contributed by atoms with E-state index in [-0.39, 0.29) is 0 Å². The molecule has 0 aliphatic heterocycles. The predicted molar refractivity (Wildman–Crippen MR) is 71.4 cm³/mol. The first kappa shape index (κ1) is 13.6. The molecule has 1 rings (SSSR count). The molecular formula is C12H18Cl2N2. The molecule has 1 N–H and O–H groups in total. The second kappa shape index (κ2) is 6.31. The fourth-order valence-electron chi connectivity index (χ4n) is 1.41. The Morgan fingerprint density at radius 1 is 1.25 bits per heavy atom. The van der Waals surface area contributed by atoms with E-state index in [2.05, 4.69) is 31.1 Å². The summed E-state index contributed by atoms with van der Waals surface area (Å²) in [4.78, 5) is 4.17. The fourth-order valence-corrected chi connectivity index (χ4v) is 1.84. The van der Waals surface area contributed by atoms with Crippen LogP contribution in [0.15, 0.2) is 12.3 Å². The van der Waals surface area contributed by atoms with Crippen LogP contribution in [-0.4, -0.2) is 11.0 Å². The van der Waals surface area contributed by atoms with E-state index < -0.39 is 0 Å². The van der Waals surface area contributed by atoms with Gasteiger partial charge < -0.3 is 5.32 Å². The van der Waals surface area contributed by atoms with Crippen molar-refractivity contribution in [3.63, 3.8) is 0 Å². The quantitative estimate of drug-likeness (QED) is 0.836. The monoisotopic (exact) mass is 260 g/mol. The van der Waals surface area contributed by atoms with Gasteiger partial charge in [0.2, 0.25) is 0 Å². The van der Waals surface area contributed by atoms with Gasteiger partial charge in [-0.3, -0.25) is 0 Å². The Morgan fingerprint density at radius 2 is 1.94 bits per heavy atom. The molecule has 0 radical (unpaired) electrons. The summed E-state index contributed by atoms with van der Waals surface area (Å²) in [5, 5.41) is 4.42. The maximum absolute atomic E-state index is 6.03. The first-order chi connectivity index (χ1) is 7.49. The maximum atomic E-state index is 6.03. The van der Waals surface area contributed by atoms with E-state index in [0.29, 0.717) is 21.9 Å². The molecule has 0 aliphatic carbocycles. The zero-order valence-corrected chi connectivity index (χ0v) is 11.4. The van der Waals surface area contributed by atoms with Gasteiger partial charge >= 0.3 is 0 Å². The molecule has 0 aromatic carbocycles. The van der Waals surface area contributed by atoms with E-state index in [1.807, 2.05) is 0 Å². The van der Waals surface area contributed by atoms with E-state index in [1.165, 1.54) is 6.42 Å². The molecule has 0 bridgehead atoms. The van der Waals surface area contributed by atoms with Gasteiger partial charge in [0.15, 0.2) is 0 Å². The average Bonchev–Trinajstić information content (AvgIpc) is 2.19. The molecule has 0 fully saturated rings. The smallest absolute Gasteiger partial charge is 0.145 e. The Bertz CT molecular complexity index is 340. The van der Waals surface area contributed by atoms with Crippen molar-refractivity contribution in [2.75, 3.05) is 5.32 Å². The Balaban J connectivity index is 2.52. The van der Waals surface area contributed by atoms with Crippen molar-refractivity contribution in [1.29, 1.82) is 0 Å². The van der Waals surface area contributed by atoms with Crippen LogP contribution in [0.4, 0.5) is 5.82 Å². The van der Waals surface area contributed by atoms with Gasteiger partial charge in [-0.15, -0.1) is 0 Å². The van der Waals surface area contributed by atoms with Gasteiger partial charge in [-0.2, -0.15) is 0 Å². The second-order valence-corrected chi connectivity index (χ2v) is 5.34. The van der Waals surface area contributed by atoms with E-state index >= 15 is 0 Å². The van der Waals surface area contributed by atoms with Gasteiger partial charge in [-0.25, -0.2) is 4.98 Å². The highest BCUT2D eigenvalue weighted by molar-refractivity contribution is 6.35. The third-order valence-electron chi connectivity index (χ3n) is 2.37. The van der Waals surface area contributed by atoms with Crippen LogP contribution in [0, 0.1) is 5.92 Å². The van der Waals surface area contributed by atoms with Crippen molar-refractivity contribution in [3.05, 3.63) is 22.3 Å². The molecule has 1 aromatic rings. The van der Waals surface area contributed by atoms with Crippen LogP contribution in [0.25, 0.3) is 0 Å². The summed E-state index contributed by atoms with van der Waals surface area (Å²) in [6, 6.07) is 2.07. The number of nitrogens with zero attached hydrogens (tertiary/aromatic N) is 1. The van der Waals surface area contributed by atoms with Crippen LogP contribution in [0.5, 0.6) is 0 Å². The number of rotatable bonds is 5. The fraction of sp³-hybridized carbons (Fsp3) is 0.583. The van der Waals surface area contributed by atoms with Gasteiger partial charge in [0.05, 0.1) is 10.0 Å². The van der Waals surface area contributed by atoms with Crippen LogP contribution in [0.1, 0.15) is 33.6 Å². The lowest BCUT2D eigenvalue weighted by atomic mass is 10.0. The lowest BCUT2D eigenvalue weighted by Crippen LogP contribution is -2.16. The highest BCUT2D eigenvalue weighted by atomic mass is 35.5. The maximum Gasteiger partial charge on any atom is 0.145 e. The average molecular weight is 261 g/mol. The number of pyridine rings is 1. The van der Waals surface area contributed by atoms with Crippen molar-refractivity contribution >= 4 is 29.0 Å². The molecule has 1 atom stereocenters. The molecule has 0 saturated carbocycles. The van der Waals surface area contributed by atoms with Gasteiger partial charge in [-0.05, 0) is 31.7 Å². The van der Waals surface area contributed by atoms with Crippen LogP contribution < -0.4 is 5.32 Å². The van der Waals surface area contributed by atoms with Crippen molar-refractivity contribution in [3.8, 4) is 0 Å². The van der Waals surface area contributed by atoms with Crippen LogP contribution in [-0.2, 0) is 0 Å². The summed E-state index contributed by atoms with van der Waals surface area (Å²) in [5.74, 6) is 1.43. The SMILES string of the molecule is CC(C)CCC(C)Nc1ncc(Cl)cc1Cl. The standard InChI is InChI=1S/C12H18Cl2N2/c1-8(2)4-5-9(3)16-12-11(14)6-10(13)7-15-12/h6-9H,4-5H2,1-3H3,(H,15,16). The third kappa shape index (κ3) is 4.58. The van der Waals surface area contributed by atoms with Gasteiger partial charge in [-0.1, -0.05) is 37.0 Å². The lowest BCUT2D eigenvalue weighted by Gasteiger charge is -2.16. The summed E-state index contributed by atoms with van der Waals surface area (Å²) in [7, 11) is 0. The summed E-state index contributed by atoms with van der Waals surface area (Å²) in [5.41, 5.74) is 0. The Hall–Kier alpha value is -0.470. The molecule has 90 valence electrons. The third-order valence-corrected chi connectivity index (χ3v) is 2.86. The molecular weight excluding hydrogens is 243 g/mol. The Kier molecular flexibility index (Phi) is 5.36. The Morgan fingerprint density at radius 3 is 2.50 bits per heavy atom. The molecule has 0 amide bonds. The molecule has 0 aliphatic rings. The molecule has 2 nitrogen and oxygen atoms in total. The molecule has 1 aromatic heterocycles. The van der Waals surface area contributed by atoms with Gasteiger partial charge in [0.1, 0.15) is 5.82 Å². The zero-order chi connectivity index (χ0) is 12.1. The summed E-state index contributed by atoms with van der Waals surface area (Å²) in [6.07, 6.45) is 3.91. The molecule has 1 heterocycles. The van der Waals surface area contributed by atoms with E-state index in [0.717, 1.165) is 12.3 Å². The van der Waals surface area contributed by atoms with Gasteiger partial charge in [0.25, 0.3) is 0 Å². The van der Waals surface area contributed by atoms with E-state index in [4.69, 9.17) is 23.2 Å². The number of anilines is 1. The number of halogens is 2. The molecule has 0 saturated heterocycles. The summed E-state index contributed by atoms with van der Waals surface area (Å²) >= 11 is 11.8. The zero-order valence-electron chi connectivity index (χ0n) is 9.93. The largest absolute Gasteiger partial charge is 0.366 e. The van der Waals surface area contributed by atoms with Crippen LogP contribution in [0.3, 0.4) is 0 Å². The first-order valence-electron chi connectivity index (χ1n) is 5.56. The van der Waals surface area contributed by atoms with Crippen LogP contribution in [0.2, 0.25) is 10.0 Å². The highest BCUT2D eigenvalue weighted by Crippen LogP contribution is 2.23. The molecule has 0 spiro atoms. The first-order valence-corrected chi connectivity index (χ1v) is 6.32. The van der Waals surface area contributed by atoms with Crippen molar-refractivity contribution in [2.24, 2.45) is 5.92 Å². The van der Waals surface area contributed by atoms with Crippen molar-refractivity contribution < 1.29 is 0 Å². The topological polar surface area (TPSA) is 24.9 Å². The number of aromatic nitrogens is 1. The highest BCUT2D eigenvalue weighted by Gasteiger charge is 2.07. The minimum Gasteiger partial charge on any atom is -0.366 e. The minimum atomic E-state index is 0.369. The molecule has 16 heavy (non-hydrogen) atoms. The van der Waals surface area contributed by atoms with Crippen LogP contribution >= 0.6 is 23.2 Å². The summed E-state index contributed by atoms with van der Waals surface area (Å²) in [6.45, 7) is 6.58. The second-order valence-electron chi connectivity index (χ2n) is 4.50.